The Labute approximate surface area is 92.5 Å². The Balaban J connectivity index is 2.81. The molecule has 0 spiro atoms. The maximum Gasteiger partial charge on any atom is 0.170 e. The van der Waals surface area contributed by atoms with Crippen molar-refractivity contribution in [2.24, 2.45) is 0 Å². The number of methoxy groups -OCH3 is 1. The average molecular weight is 235 g/mol. The minimum Gasteiger partial charge on any atom is -0.382 e. The lowest BCUT2D eigenvalue weighted by atomic mass is 10.4. The summed E-state index contributed by atoms with van der Waals surface area (Å²) in [7, 11) is -1.53. The van der Waals surface area contributed by atoms with Crippen LogP contribution in [0.5, 0.6) is 0 Å². The lowest BCUT2D eigenvalue weighted by molar-refractivity contribution is 0.141. The second-order valence-corrected chi connectivity index (χ2v) is 6.96. The van der Waals surface area contributed by atoms with Gasteiger partial charge in [-0.25, -0.2) is 8.42 Å². The highest BCUT2D eigenvalue weighted by molar-refractivity contribution is 7.92. The van der Waals surface area contributed by atoms with Crippen LogP contribution in [0.4, 0.5) is 0 Å². The summed E-state index contributed by atoms with van der Waals surface area (Å²) in [5, 5.41) is -0.789. The molecule has 15 heavy (non-hydrogen) atoms. The Morgan fingerprint density at radius 2 is 1.80 bits per heavy atom. The summed E-state index contributed by atoms with van der Waals surface area (Å²) < 4.78 is 29.2. The topological polar surface area (TPSA) is 46.6 Å². The van der Waals surface area contributed by atoms with Crippen molar-refractivity contribution in [3.63, 3.8) is 0 Å². The average Bonchev–Trinajstić information content (AvgIpc) is 2.66. The quantitative estimate of drug-likeness (QED) is 0.709. The zero-order chi connectivity index (χ0) is 11.5. The molecule has 1 fully saturated rings. The second-order valence-electron chi connectivity index (χ2n) is 4.29. The summed E-state index contributed by atoms with van der Waals surface area (Å²) in [6, 6.07) is 0. The van der Waals surface area contributed by atoms with Gasteiger partial charge in [0.15, 0.2) is 9.84 Å². The number of nitrogens with zero attached hydrogens (tertiary/aromatic N) is 1. The maximum atomic E-state index is 12.1. The lowest BCUT2D eigenvalue weighted by Crippen LogP contribution is -2.45. The molecule has 4 nitrogen and oxygen atoms in total. The van der Waals surface area contributed by atoms with Crippen molar-refractivity contribution in [2.75, 3.05) is 26.8 Å². The van der Waals surface area contributed by atoms with Gasteiger partial charge in [-0.05, 0) is 39.8 Å². The predicted molar refractivity (Wildman–Crippen MR) is 60.5 cm³/mol. The molecule has 1 aliphatic rings. The van der Waals surface area contributed by atoms with E-state index in [2.05, 4.69) is 0 Å². The minimum absolute atomic E-state index is 0.278. The standard InChI is InChI=1S/C10H21NO3S/c1-9(2)15(12,13)10(8-14-3)11-6-4-5-7-11/h9-10H,4-8H2,1-3H3/t10-/m0/s1. The molecular weight excluding hydrogens is 214 g/mol. The van der Waals surface area contributed by atoms with Crippen LogP contribution < -0.4 is 0 Å². The Bertz CT molecular complexity index is 281. The molecule has 5 heteroatoms. The Morgan fingerprint density at radius 3 is 2.20 bits per heavy atom. The summed E-state index contributed by atoms with van der Waals surface area (Å²) in [5.74, 6) is 0. The Kier molecular flexibility index (Phi) is 4.55. The zero-order valence-corrected chi connectivity index (χ0v) is 10.6. The van der Waals surface area contributed by atoms with Crippen LogP contribution in [-0.4, -0.2) is 50.7 Å². The molecular formula is C10H21NO3S. The fourth-order valence-corrected chi connectivity index (χ4v) is 3.47. The van der Waals surface area contributed by atoms with E-state index < -0.39 is 15.2 Å². The van der Waals surface area contributed by atoms with Gasteiger partial charge in [0.05, 0.1) is 11.9 Å². The minimum atomic E-state index is -3.08. The summed E-state index contributed by atoms with van der Waals surface area (Å²) >= 11 is 0. The highest BCUT2D eigenvalue weighted by atomic mass is 32.2. The molecule has 1 rings (SSSR count). The van der Waals surface area contributed by atoms with E-state index in [-0.39, 0.29) is 11.9 Å². The van der Waals surface area contributed by atoms with Gasteiger partial charge in [-0.1, -0.05) is 0 Å². The van der Waals surface area contributed by atoms with Gasteiger partial charge < -0.3 is 4.74 Å². The molecule has 0 aromatic carbocycles. The summed E-state index contributed by atoms with van der Waals surface area (Å²) in [6.45, 7) is 5.49. The number of hydrogen-bond acceptors (Lipinski definition) is 4. The van der Waals surface area contributed by atoms with Gasteiger partial charge in [-0.3, -0.25) is 4.90 Å². The van der Waals surface area contributed by atoms with Crippen molar-refractivity contribution in [1.29, 1.82) is 0 Å². The van der Waals surface area contributed by atoms with E-state index in [1.165, 1.54) is 0 Å². The van der Waals surface area contributed by atoms with Crippen LogP contribution >= 0.6 is 0 Å². The molecule has 0 aromatic rings. The van der Waals surface area contributed by atoms with Crippen LogP contribution in [0, 0.1) is 0 Å². The van der Waals surface area contributed by atoms with E-state index in [0.717, 1.165) is 25.9 Å². The van der Waals surface area contributed by atoms with E-state index in [4.69, 9.17) is 4.74 Å². The molecule has 90 valence electrons. The van der Waals surface area contributed by atoms with Crippen molar-refractivity contribution >= 4 is 9.84 Å². The smallest absolute Gasteiger partial charge is 0.170 e. The maximum absolute atomic E-state index is 12.1. The fraction of sp³-hybridized carbons (Fsp3) is 1.00. The number of sulfone groups is 1. The van der Waals surface area contributed by atoms with Gasteiger partial charge in [0, 0.05) is 7.11 Å². The molecule has 0 unspecified atom stereocenters. The number of hydrogen-bond donors (Lipinski definition) is 0. The van der Waals surface area contributed by atoms with Gasteiger partial charge in [0.2, 0.25) is 0 Å². The molecule has 0 radical (unpaired) electrons. The summed E-state index contributed by atoms with van der Waals surface area (Å²) in [6.07, 6.45) is 2.18. The molecule has 1 heterocycles. The second kappa shape index (κ2) is 5.27. The lowest BCUT2D eigenvalue weighted by Gasteiger charge is -2.28. The third kappa shape index (κ3) is 2.92. The van der Waals surface area contributed by atoms with Crippen LogP contribution in [0.25, 0.3) is 0 Å². The summed E-state index contributed by atoms with van der Waals surface area (Å²) in [5.41, 5.74) is 0. The molecule has 0 N–H and O–H groups in total. The van der Waals surface area contributed by atoms with E-state index in [0.29, 0.717) is 0 Å². The number of ether oxygens (including phenoxy) is 1. The predicted octanol–water partition coefficient (Wildman–Crippen LogP) is 0.878. The van der Waals surface area contributed by atoms with Gasteiger partial charge in [0.1, 0.15) is 5.37 Å². The van der Waals surface area contributed by atoms with Crippen LogP contribution in [0.3, 0.4) is 0 Å². The van der Waals surface area contributed by atoms with Crippen molar-refractivity contribution in [2.45, 2.75) is 37.3 Å². The first-order valence-corrected chi connectivity index (χ1v) is 7.06. The largest absolute Gasteiger partial charge is 0.382 e. The normalized spacial score (nSPS) is 21.1. The third-order valence-electron chi connectivity index (χ3n) is 2.89. The van der Waals surface area contributed by atoms with Crippen molar-refractivity contribution in [3.8, 4) is 0 Å². The first kappa shape index (κ1) is 12.9. The van der Waals surface area contributed by atoms with E-state index in [1.54, 1.807) is 21.0 Å². The van der Waals surface area contributed by atoms with Gasteiger partial charge in [-0.15, -0.1) is 0 Å². The zero-order valence-electron chi connectivity index (χ0n) is 9.77. The van der Waals surface area contributed by atoms with Crippen molar-refractivity contribution in [3.05, 3.63) is 0 Å². The van der Waals surface area contributed by atoms with Crippen molar-refractivity contribution in [1.82, 2.24) is 4.90 Å². The first-order valence-electron chi connectivity index (χ1n) is 5.46. The molecule has 0 aromatic heterocycles. The Morgan fingerprint density at radius 1 is 1.27 bits per heavy atom. The van der Waals surface area contributed by atoms with Crippen LogP contribution in [0.2, 0.25) is 0 Å². The van der Waals surface area contributed by atoms with Gasteiger partial charge in [0.25, 0.3) is 0 Å². The SMILES string of the molecule is COC[C@@H](N1CCCC1)S(=O)(=O)C(C)C. The fourth-order valence-electron chi connectivity index (χ4n) is 1.89. The van der Waals surface area contributed by atoms with Crippen LogP contribution in [0.1, 0.15) is 26.7 Å². The molecule has 0 saturated carbocycles. The van der Waals surface area contributed by atoms with Crippen molar-refractivity contribution < 1.29 is 13.2 Å². The molecule has 0 bridgehead atoms. The van der Waals surface area contributed by atoms with Gasteiger partial charge >= 0.3 is 0 Å². The molecule has 0 aliphatic carbocycles. The number of likely N-dealkylation sites (tertiary alicyclic amines) is 1. The van der Waals surface area contributed by atoms with Crippen LogP contribution in [-0.2, 0) is 14.6 Å². The Hall–Kier alpha value is -0.130. The van der Waals surface area contributed by atoms with E-state index in [1.807, 2.05) is 4.90 Å². The molecule has 1 atom stereocenters. The molecule has 1 saturated heterocycles. The highest BCUT2D eigenvalue weighted by Gasteiger charge is 2.34. The monoisotopic (exact) mass is 235 g/mol. The van der Waals surface area contributed by atoms with Crippen LogP contribution in [0.15, 0.2) is 0 Å². The molecule has 0 amide bonds. The summed E-state index contributed by atoms with van der Waals surface area (Å²) in [4.78, 5) is 2.03. The number of rotatable bonds is 5. The third-order valence-corrected chi connectivity index (χ3v) is 5.40. The first-order chi connectivity index (χ1) is 7.00. The van der Waals surface area contributed by atoms with E-state index >= 15 is 0 Å². The highest BCUT2D eigenvalue weighted by Crippen LogP contribution is 2.19. The van der Waals surface area contributed by atoms with Gasteiger partial charge in [-0.2, -0.15) is 0 Å². The molecule has 1 aliphatic heterocycles. The van der Waals surface area contributed by atoms with E-state index in [9.17, 15) is 8.42 Å².